The maximum Gasteiger partial charge on any atom is 0.406 e. The Morgan fingerprint density at radius 3 is 1.93 bits per heavy atom. The van der Waals surface area contributed by atoms with Crippen molar-refractivity contribution in [3.05, 3.63) is 24.3 Å². The lowest BCUT2D eigenvalue weighted by molar-refractivity contribution is -0.165. The molecule has 0 heterocycles. The summed E-state index contributed by atoms with van der Waals surface area (Å²) < 4.78 is 38.1. The van der Waals surface area contributed by atoms with Gasteiger partial charge in [-0.1, -0.05) is 6.92 Å². The molecule has 0 saturated heterocycles. The molecule has 10 heteroatoms. The van der Waals surface area contributed by atoms with Gasteiger partial charge in [0.25, 0.3) is 0 Å². The van der Waals surface area contributed by atoms with E-state index >= 15 is 0 Å². The maximum absolute atomic E-state index is 12.7. The van der Waals surface area contributed by atoms with Crippen LogP contribution in [0.5, 0.6) is 0 Å². The predicted molar refractivity (Wildman–Crippen MR) is 104 cm³/mol. The Labute approximate surface area is 168 Å². The van der Waals surface area contributed by atoms with E-state index in [1.807, 2.05) is 0 Å². The van der Waals surface area contributed by atoms with Crippen molar-refractivity contribution in [2.75, 3.05) is 36.8 Å². The summed E-state index contributed by atoms with van der Waals surface area (Å²) in [5.74, 6) is -1.31. The van der Waals surface area contributed by atoms with E-state index in [4.69, 9.17) is 0 Å². The highest BCUT2D eigenvalue weighted by Gasteiger charge is 2.34. The second-order valence-electron chi connectivity index (χ2n) is 6.84. The van der Waals surface area contributed by atoms with Crippen LogP contribution in [0.1, 0.15) is 27.7 Å². The number of carbonyl (C=O) groups is 3. The van der Waals surface area contributed by atoms with Crippen LogP contribution >= 0.6 is 0 Å². The number of amides is 3. The first-order chi connectivity index (χ1) is 13.4. The van der Waals surface area contributed by atoms with Gasteiger partial charge in [0.05, 0.1) is 13.1 Å². The molecule has 0 unspecified atom stereocenters. The summed E-state index contributed by atoms with van der Waals surface area (Å²) in [6.07, 6.45) is -4.49. The third-order valence-electron chi connectivity index (χ3n) is 3.96. The van der Waals surface area contributed by atoms with Crippen LogP contribution in [0.15, 0.2) is 24.3 Å². The lowest BCUT2D eigenvalue weighted by Crippen LogP contribution is -2.48. The molecular formula is C19H27F3N4O3. The average Bonchev–Trinajstić information content (AvgIpc) is 2.59. The van der Waals surface area contributed by atoms with Crippen LogP contribution in [-0.2, 0) is 14.4 Å². The van der Waals surface area contributed by atoms with Gasteiger partial charge in [-0.05, 0) is 44.7 Å². The summed E-state index contributed by atoms with van der Waals surface area (Å²) in [4.78, 5) is 37.8. The average molecular weight is 416 g/mol. The Hall–Kier alpha value is -2.62. The number of halogens is 3. The lowest BCUT2D eigenvalue weighted by atomic mass is 10.2. The van der Waals surface area contributed by atoms with Crippen molar-refractivity contribution >= 4 is 29.1 Å². The molecule has 0 fully saturated rings. The smallest absolute Gasteiger partial charge is 0.330 e. The van der Waals surface area contributed by atoms with Crippen molar-refractivity contribution in [3.63, 3.8) is 0 Å². The number of carbonyl (C=O) groups excluding carboxylic acids is 3. The number of nitrogens with zero attached hydrogens (tertiary/aromatic N) is 2. The van der Waals surface area contributed by atoms with Crippen LogP contribution in [0, 0.1) is 0 Å². The molecule has 0 bridgehead atoms. The van der Waals surface area contributed by atoms with Gasteiger partial charge in [0, 0.05) is 24.3 Å². The minimum atomic E-state index is -4.49. The molecule has 0 radical (unpaired) electrons. The molecule has 0 aliphatic heterocycles. The molecular weight excluding hydrogens is 389 g/mol. The first kappa shape index (κ1) is 24.4. The first-order valence-electron chi connectivity index (χ1n) is 9.17. The van der Waals surface area contributed by atoms with Gasteiger partial charge in [-0.3, -0.25) is 19.3 Å². The number of benzene rings is 1. The largest absolute Gasteiger partial charge is 0.406 e. The molecule has 0 aromatic heterocycles. The topological polar surface area (TPSA) is 81.8 Å². The Bertz CT molecular complexity index is 706. The fourth-order valence-corrected chi connectivity index (χ4v) is 2.56. The summed E-state index contributed by atoms with van der Waals surface area (Å²) in [5.41, 5.74) is 1.07. The van der Waals surface area contributed by atoms with Crippen molar-refractivity contribution in [1.29, 1.82) is 0 Å². The quantitative estimate of drug-likeness (QED) is 0.649. The third-order valence-corrected chi connectivity index (χ3v) is 3.96. The molecule has 7 nitrogen and oxygen atoms in total. The van der Waals surface area contributed by atoms with E-state index in [2.05, 4.69) is 10.6 Å². The molecule has 0 saturated carbocycles. The van der Waals surface area contributed by atoms with Crippen LogP contribution in [0.3, 0.4) is 0 Å². The predicted octanol–water partition coefficient (Wildman–Crippen LogP) is 2.70. The van der Waals surface area contributed by atoms with Gasteiger partial charge in [0.1, 0.15) is 6.54 Å². The molecule has 1 rings (SSSR count). The van der Waals surface area contributed by atoms with Crippen molar-refractivity contribution in [2.45, 2.75) is 39.9 Å². The monoisotopic (exact) mass is 416 g/mol. The van der Waals surface area contributed by atoms with E-state index in [1.165, 1.54) is 25.7 Å². The SMILES string of the molecule is CCN(CC(=O)Nc1ccc(NC(C)=O)cc1)CC(=O)N(CC(F)(F)F)C(C)C. The van der Waals surface area contributed by atoms with E-state index in [9.17, 15) is 27.6 Å². The molecule has 3 amide bonds. The number of hydrogen-bond acceptors (Lipinski definition) is 4. The Balaban J connectivity index is 2.65. The first-order valence-corrected chi connectivity index (χ1v) is 9.17. The highest BCUT2D eigenvalue weighted by molar-refractivity contribution is 5.93. The van der Waals surface area contributed by atoms with Crippen molar-refractivity contribution in [3.8, 4) is 0 Å². The van der Waals surface area contributed by atoms with E-state index in [-0.39, 0.29) is 19.0 Å². The zero-order valence-corrected chi connectivity index (χ0v) is 17.0. The van der Waals surface area contributed by atoms with Crippen molar-refractivity contribution in [1.82, 2.24) is 9.80 Å². The van der Waals surface area contributed by atoms with Gasteiger partial charge >= 0.3 is 6.18 Å². The van der Waals surface area contributed by atoms with Gasteiger partial charge in [0.15, 0.2) is 0 Å². The minimum absolute atomic E-state index is 0.145. The number of nitrogens with one attached hydrogen (secondary N) is 2. The molecule has 0 spiro atoms. The lowest BCUT2D eigenvalue weighted by Gasteiger charge is -2.30. The summed E-state index contributed by atoms with van der Waals surface area (Å²) in [6, 6.07) is 5.84. The summed E-state index contributed by atoms with van der Waals surface area (Å²) in [6.45, 7) is 4.67. The Morgan fingerprint density at radius 1 is 1.00 bits per heavy atom. The van der Waals surface area contributed by atoms with E-state index in [1.54, 1.807) is 31.2 Å². The summed E-state index contributed by atoms with van der Waals surface area (Å²) in [5, 5.41) is 5.25. The van der Waals surface area contributed by atoms with Crippen LogP contribution in [0.25, 0.3) is 0 Å². The van der Waals surface area contributed by atoms with Crippen molar-refractivity contribution in [2.24, 2.45) is 0 Å². The molecule has 1 aromatic rings. The standard InChI is InChI=1S/C19H27F3N4O3/c1-5-25(11-18(29)26(13(2)3)12-19(20,21)22)10-17(28)24-16-8-6-15(7-9-16)23-14(4)27/h6-9,13H,5,10-12H2,1-4H3,(H,23,27)(H,24,28). The number of hydrogen-bond donors (Lipinski definition) is 2. The molecule has 1 aromatic carbocycles. The van der Waals surface area contributed by atoms with Gasteiger partial charge in [-0.25, -0.2) is 0 Å². The molecule has 0 aliphatic rings. The zero-order valence-electron chi connectivity index (χ0n) is 17.0. The number of alkyl halides is 3. The van der Waals surface area contributed by atoms with Gasteiger partial charge in [-0.15, -0.1) is 0 Å². The fraction of sp³-hybridized carbons (Fsp3) is 0.526. The molecule has 162 valence electrons. The van der Waals surface area contributed by atoms with E-state index in [0.717, 1.165) is 4.90 Å². The second-order valence-corrected chi connectivity index (χ2v) is 6.84. The second kappa shape index (κ2) is 10.8. The number of likely N-dealkylation sites (N-methyl/N-ethyl adjacent to an activating group) is 1. The summed E-state index contributed by atoms with van der Waals surface area (Å²) >= 11 is 0. The van der Waals surface area contributed by atoms with Gasteiger partial charge < -0.3 is 15.5 Å². The number of anilines is 2. The summed E-state index contributed by atoms with van der Waals surface area (Å²) in [7, 11) is 0. The third kappa shape index (κ3) is 9.42. The van der Waals surface area contributed by atoms with E-state index < -0.39 is 30.6 Å². The van der Waals surface area contributed by atoms with Crippen LogP contribution < -0.4 is 10.6 Å². The number of rotatable bonds is 9. The zero-order chi connectivity index (χ0) is 22.2. The Morgan fingerprint density at radius 2 is 1.52 bits per heavy atom. The van der Waals surface area contributed by atoms with Gasteiger partial charge in [-0.2, -0.15) is 13.2 Å². The molecule has 0 atom stereocenters. The van der Waals surface area contributed by atoms with Crippen LogP contribution in [0.2, 0.25) is 0 Å². The highest BCUT2D eigenvalue weighted by atomic mass is 19.4. The molecule has 2 N–H and O–H groups in total. The van der Waals surface area contributed by atoms with Gasteiger partial charge in [0.2, 0.25) is 17.7 Å². The van der Waals surface area contributed by atoms with Crippen LogP contribution in [-0.4, -0.2) is 65.9 Å². The van der Waals surface area contributed by atoms with E-state index in [0.29, 0.717) is 17.9 Å². The van der Waals surface area contributed by atoms with Crippen LogP contribution in [0.4, 0.5) is 24.5 Å². The Kier molecular flexibility index (Phi) is 9.09. The molecule has 29 heavy (non-hydrogen) atoms. The molecule has 0 aliphatic carbocycles. The van der Waals surface area contributed by atoms with Crippen molar-refractivity contribution < 1.29 is 27.6 Å². The normalized spacial score (nSPS) is 11.5. The minimum Gasteiger partial charge on any atom is -0.330 e. The highest BCUT2D eigenvalue weighted by Crippen LogP contribution is 2.18. The maximum atomic E-state index is 12.7. The fourth-order valence-electron chi connectivity index (χ4n) is 2.56.